The van der Waals surface area contributed by atoms with E-state index < -0.39 is 0 Å². The molecule has 2 aromatic rings. The van der Waals surface area contributed by atoms with Crippen LogP contribution in [-0.2, 0) is 0 Å². The molecule has 0 heterocycles. The highest BCUT2D eigenvalue weighted by Gasteiger charge is 2.03. The van der Waals surface area contributed by atoms with Crippen LogP contribution in [-0.4, -0.2) is 19.7 Å². The Kier molecular flexibility index (Phi) is 5.63. The monoisotopic (exact) mass is 269 g/mol. The molecule has 0 aliphatic carbocycles. The number of benzene rings is 2. The Hall–Kier alpha value is -1.80. The van der Waals surface area contributed by atoms with Crippen LogP contribution in [0.2, 0.25) is 0 Å². The maximum Gasteiger partial charge on any atom is 0.119 e. The summed E-state index contributed by atoms with van der Waals surface area (Å²) in [6, 6.07) is 18.7. The van der Waals surface area contributed by atoms with Crippen molar-refractivity contribution in [3.05, 3.63) is 65.7 Å². The Bertz CT molecular complexity index is 510. The summed E-state index contributed by atoms with van der Waals surface area (Å²) in [5.74, 6) is 1.47. The zero-order valence-corrected chi connectivity index (χ0v) is 12.3. The van der Waals surface area contributed by atoms with Crippen molar-refractivity contribution >= 4 is 0 Å². The van der Waals surface area contributed by atoms with Gasteiger partial charge in [-0.15, -0.1) is 0 Å². The standard InChI is InChI=1S/C18H23NO/c1-15-7-6-10-18(13-15)20-12-11-19-14-16(2)17-8-4-3-5-9-17/h3-10,13,16,19H,11-12,14H2,1-2H3. The quantitative estimate of drug-likeness (QED) is 0.773. The van der Waals surface area contributed by atoms with E-state index in [1.54, 1.807) is 0 Å². The van der Waals surface area contributed by atoms with E-state index in [1.807, 2.05) is 12.1 Å². The van der Waals surface area contributed by atoms with Gasteiger partial charge in [0.05, 0.1) is 0 Å². The predicted molar refractivity (Wildman–Crippen MR) is 84.4 cm³/mol. The van der Waals surface area contributed by atoms with Gasteiger partial charge in [-0.05, 0) is 36.1 Å². The first-order valence-corrected chi connectivity index (χ1v) is 7.21. The lowest BCUT2D eigenvalue weighted by atomic mass is 10.0. The maximum absolute atomic E-state index is 5.71. The summed E-state index contributed by atoms with van der Waals surface area (Å²) in [4.78, 5) is 0. The third-order valence-corrected chi connectivity index (χ3v) is 3.36. The highest BCUT2D eigenvalue weighted by molar-refractivity contribution is 5.27. The Morgan fingerprint density at radius 3 is 2.60 bits per heavy atom. The zero-order chi connectivity index (χ0) is 14.2. The molecule has 1 atom stereocenters. The molecule has 0 aliphatic rings. The van der Waals surface area contributed by atoms with Crippen molar-refractivity contribution in [2.45, 2.75) is 19.8 Å². The molecule has 0 saturated heterocycles. The Morgan fingerprint density at radius 2 is 1.85 bits per heavy atom. The Labute approximate surface area is 121 Å². The first-order valence-electron chi connectivity index (χ1n) is 7.21. The molecule has 0 aliphatic heterocycles. The van der Waals surface area contributed by atoms with Crippen LogP contribution in [0.25, 0.3) is 0 Å². The average molecular weight is 269 g/mol. The topological polar surface area (TPSA) is 21.3 Å². The molecule has 0 spiro atoms. The highest BCUT2D eigenvalue weighted by atomic mass is 16.5. The zero-order valence-electron chi connectivity index (χ0n) is 12.3. The van der Waals surface area contributed by atoms with Crippen LogP contribution in [0.15, 0.2) is 54.6 Å². The molecule has 0 bridgehead atoms. The number of rotatable bonds is 7. The predicted octanol–water partition coefficient (Wildman–Crippen LogP) is 3.77. The summed E-state index contributed by atoms with van der Waals surface area (Å²) in [6.45, 7) is 6.85. The molecular weight excluding hydrogens is 246 g/mol. The minimum atomic E-state index is 0.523. The van der Waals surface area contributed by atoms with Crippen LogP contribution >= 0.6 is 0 Å². The van der Waals surface area contributed by atoms with Crippen molar-refractivity contribution in [2.24, 2.45) is 0 Å². The molecule has 0 aromatic heterocycles. The van der Waals surface area contributed by atoms with Crippen molar-refractivity contribution in [3.8, 4) is 5.75 Å². The molecule has 0 amide bonds. The van der Waals surface area contributed by atoms with E-state index in [0.717, 1.165) is 18.8 Å². The van der Waals surface area contributed by atoms with E-state index in [2.05, 4.69) is 61.6 Å². The molecule has 2 aromatic carbocycles. The Balaban J connectivity index is 1.64. The third kappa shape index (κ3) is 4.71. The SMILES string of the molecule is Cc1cccc(OCCNCC(C)c2ccccc2)c1. The van der Waals surface area contributed by atoms with Gasteiger partial charge in [-0.2, -0.15) is 0 Å². The second-order valence-electron chi connectivity index (χ2n) is 5.18. The first-order chi connectivity index (χ1) is 9.75. The fourth-order valence-electron chi connectivity index (χ4n) is 2.16. The van der Waals surface area contributed by atoms with E-state index in [1.165, 1.54) is 11.1 Å². The third-order valence-electron chi connectivity index (χ3n) is 3.36. The van der Waals surface area contributed by atoms with E-state index in [-0.39, 0.29) is 0 Å². The molecular formula is C18H23NO. The minimum Gasteiger partial charge on any atom is -0.492 e. The summed E-state index contributed by atoms with van der Waals surface area (Å²) >= 11 is 0. The van der Waals surface area contributed by atoms with E-state index in [4.69, 9.17) is 4.74 Å². The lowest BCUT2D eigenvalue weighted by Gasteiger charge is -2.13. The molecule has 2 rings (SSSR count). The highest BCUT2D eigenvalue weighted by Crippen LogP contribution is 2.13. The number of hydrogen-bond donors (Lipinski definition) is 1. The van der Waals surface area contributed by atoms with Gasteiger partial charge in [0.25, 0.3) is 0 Å². The average Bonchev–Trinajstić information content (AvgIpc) is 2.48. The van der Waals surface area contributed by atoms with Gasteiger partial charge < -0.3 is 10.1 Å². The fraction of sp³-hybridized carbons (Fsp3) is 0.333. The summed E-state index contributed by atoms with van der Waals surface area (Å²) in [5.41, 5.74) is 2.60. The van der Waals surface area contributed by atoms with Crippen LogP contribution in [0.1, 0.15) is 24.0 Å². The van der Waals surface area contributed by atoms with Crippen LogP contribution < -0.4 is 10.1 Å². The number of aryl methyl sites for hydroxylation is 1. The first kappa shape index (κ1) is 14.6. The van der Waals surface area contributed by atoms with Crippen molar-refractivity contribution in [1.82, 2.24) is 5.32 Å². The van der Waals surface area contributed by atoms with Crippen LogP contribution in [0, 0.1) is 6.92 Å². The van der Waals surface area contributed by atoms with Gasteiger partial charge in [-0.1, -0.05) is 49.4 Å². The molecule has 2 nitrogen and oxygen atoms in total. The van der Waals surface area contributed by atoms with Gasteiger partial charge >= 0.3 is 0 Å². The lowest BCUT2D eigenvalue weighted by Crippen LogP contribution is -2.25. The van der Waals surface area contributed by atoms with Crippen molar-refractivity contribution < 1.29 is 4.74 Å². The molecule has 1 N–H and O–H groups in total. The van der Waals surface area contributed by atoms with E-state index in [9.17, 15) is 0 Å². The second-order valence-corrected chi connectivity index (χ2v) is 5.18. The molecule has 2 heteroatoms. The fourth-order valence-corrected chi connectivity index (χ4v) is 2.16. The summed E-state index contributed by atoms with van der Waals surface area (Å²) in [5, 5.41) is 3.44. The van der Waals surface area contributed by atoms with Crippen LogP contribution in [0.4, 0.5) is 0 Å². The van der Waals surface area contributed by atoms with Gasteiger partial charge in [0.2, 0.25) is 0 Å². The van der Waals surface area contributed by atoms with E-state index in [0.29, 0.717) is 12.5 Å². The van der Waals surface area contributed by atoms with Crippen LogP contribution in [0.5, 0.6) is 5.75 Å². The number of ether oxygens (including phenoxy) is 1. The lowest BCUT2D eigenvalue weighted by molar-refractivity contribution is 0.313. The number of hydrogen-bond acceptors (Lipinski definition) is 2. The summed E-state index contributed by atoms with van der Waals surface area (Å²) in [6.07, 6.45) is 0. The van der Waals surface area contributed by atoms with Crippen molar-refractivity contribution in [2.75, 3.05) is 19.7 Å². The van der Waals surface area contributed by atoms with Crippen molar-refractivity contribution in [3.63, 3.8) is 0 Å². The molecule has 20 heavy (non-hydrogen) atoms. The minimum absolute atomic E-state index is 0.523. The molecule has 106 valence electrons. The molecule has 0 radical (unpaired) electrons. The van der Waals surface area contributed by atoms with Crippen LogP contribution in [0.3, 0.4) is 0 Å². The molecule has 0 fully saturated rings. The maximum atomic E-state index is 5.71. The van der Waals surface area contributed by atoms with Gasteiger partial charge in [-0.3, -0.25) is 0 Å². The van der Waals surface area contributed by atoms with Gasteiger partial charge in [0, 0.05) is 13.1 Å². The summed E-state index contributed by atoms with van der Waals surface area (Å²) in [7, 11) is 0. The normalized spacial score (nSPS) is 12.1. The largest absolute Gasteiger partial charge is 0.492 e. The second kappa shape index (κ2) is 7.71. The molecule has 1 unspecified atom stereocenters. The number of nitrogens with one attached hydrogen (secondary N) is 1. The van der Waals surface area contributed by atoms with Gasteiger partial charge in [0.15, 0.2) is 0 Å². The van der Waals surface area contributed by atoms with Gasteiger partial charge in [-0.25, -0.2) is 0 Å². The summed E-state index contributed by atoms with van der Waals surface area (Å²) < 4.78 is 5.71. The van der Waals surface area contributed by atoms with Gasteiger partial charge in [0.1, 0.15) is 12.4 Å². The Morgan fingerprint density at radius 1 is 1.05 bits per heavy atom. The van der Waals surface area contributed by atoms with E-state index >= 15 is 0 Å². The molecule has 0 saturated carbocycles. The van der Waals surface area contributed by atoms with Crippen molar-refractivity contribution in [1.29, 1.82) is 0 Å². The smallest absolute Gasteiger partial charge is 0.119 e.